The van der Waals surface area contributed by atoms with Crippen LogP contribution in [0.1, 0.15) is 117 Å². The standard InChI is InChI=1S/C20H39NO.C3H8/c1-4-5-6-7-8-9-10-11-12-13-14-15-16-17-18-19-20(22)21(2)3;1-3-2/h11-12H,4-10,13-19H2,1-3H3;3H2,1-2H3/b12-11-;. The average Bonchev–Trinajstić information content (AvgIpc) is 2.58. The first-order valence-electron chi connectivity index (χ1n) is 10.9. The van der Waals surface area contributed by atoms with Crippen molar-refractivity contribution in [2.45, 2.75) is 117 Å². The van der Waals surface area contributed by atoms with Crippen LogP contribution in [0.4, 0.5) is 0 Å². The molecule has 0 aromatic rings. The number of hydrogen-bond acceptors (Lipinski definition) is 1. The van der Waals surface area contributed by atoms with Crippen molar-refractivity contribution in [3.8, 4) is 0 Å². The number of allylic oxidation sites excluding steroid dienone is 2. The molecule has 0 spiro atoms. The normalized spacial score (nSPS) is 10.6. The third-order valence-electron chi connectivity index (χ3n) is 4.15. The van der Waals surface area contributed by atoms with E-state index < -0.39 is 0 Å². The molecule has 0 radical (unpaired) electrons. The van der Waals surface area contributed by atoms with Gasteiger partial charge in [0, 0.05) is 20.5 Å². The zero-order valence-electron chi connectivity index (χ0n) is 18.1. The van der Waals surface area contributed by atoms with E-state index in [2.05, 4.69) is 32.9 Å². The van der Waals surface area contributed by atoms with Crippen molar-refractivity contribution in [1.82, 2.24) is 4.90 Å². The number of carbonyl (C=O) groups is 1. The molecule has 25 heavy (non-hydrogen) atoms. The van der Waals surface area contributed by atoms with E-state index in [0.717, 1.165) is 6.42 Å². The summed E-state index contributed by atoms with van der Waals surface area (Å²) in [5, 5.41) is 0. The first-order chi connectivity index (χ1) is 12.1. The van der Waals surface area contributed by atoms with Crippen molar-refractivity contribution in [3.63, 3.8) is 0 Å². The lowest BCUT2D eigenvalue weighted by molar-refractivity contribution is -0.128. The number of hydrogen-bond donors (Lipinski definition) is 0. The Morgan fingerprint density at radius 1 is 0.680 bits per heavy atom. The predicted molar refractivity (Wildman–Crippen MR) is 114 cm³/mol. The lowest BCUT2D eigenvalue weighted by Crippen LogP contribution is -2.20. The molecule has 0 saturated carbocycles. The summed E-state index contributed by atoms with van der Waals surface area (Å²) in [4.78, 5) is 13.1. The van der Waals surface area contributed by atoms with Crippen molar-refractivity contribution in [2.75, 3.05) is 14.1 Å². The lowest BCUT2D eigenvalue weighted by atomic mass is 10.1. The summed E-state index contributed by atoms with van der Waals surface area (Å²) in [6.07, 6.45) is 23.6. The van der Waals surface area contributed by atoms with E-state index in [1.54, 1.807) is 4.90 Å². The molecular formula is C23H47NO. The number of rotatable bonds is 15. The molecule has 0 fully saturated rings. The van der Waals surface area contributed by atoms with Crippen LogP contribution in [-0.4, -0.2) is 24.9 Å². The van der Waals surface area contributed by atoms with E-state index in [9.17, 15) is 4.79 Å². The van der Waals surface area contributed by atoms with Crippen LogP contribution < -0.4 is 0 Å². The third-order valence-corrected chi connectivity index (χ3v) is 4.15. The van der Waals surface area contributed by atoms with E-state index in [0.29, 0.717) is 6.42 Å². The van der Waals surface area contributed by atoms with Gasteiger partial charge in [-0.15, -0.1) is 0 Å². The summed E-state index contributed by atoms with van der Waals surface area (Å²) in [5.74, 6) is 0.262. The Labute approximate surface area is 159 Å². The second-order valence-corrected chi connectivity index (χ2v) is 7.33. The molecule has 0 heterocycles. The van der Waals surface area contributed by atoms with Gasteiger partial charge in [-0.3, -0.25) is 4.79 Å². The van der Waals surface area contributed by atoms with Gasteiger partial charge in [0.05, 0.1) is 0 Å². The third kappa shape index (κ3) is 25.6. The van der Waals surface area contributed by atoms with Gasteiger partial charge in [0.1, 0.15) is 0 Å². The molecule has 0 atom stereocenters. The highest BCUT2D eigenvalue weighted by Crippen LogP contribution is 2.10. The largest absolute Gasteiger partial charge is 0.349 e. The Morgan fingerprint density at radius 3 is 1.52 bits per heavy atom. The number of unbranched alkanes of at least 4 members (excludes halogenated alkanes) is 11. The Hall–Kier alpha value is -0.790. The number of nitrogens with zero attached hydrogens (tertiary/aromatic N) is 1. The van der Waals surface area contributed by atoms with Crippen molar-refractivity contribution < 1.29 is 4.79 Å². The summed E-state index contributed by atoms with van der Waals surface area (Å²) < 4.78 is 0. The molecule has 0 aliphatic rings. The van der Waals surface area contributed by atoms with Crippen LogP contribution in [0.25, 0.3) is 0 Å². The Bertz CT molecular complexity index is 284. The van der Waals surface area contributed by atoms with E-state index in [-0.39, 0.29) is 5.91 Å². The molecule has 2 heteroatoms. The van der Waals surface area contributed by atoms with Crippen LogP contribution in [0.5, 0.6) is 0 Å². The van der Waals surface area contributed by atoms with Gasteiger partial charge >= 0.3 is 0 Å². The average molecular weight is 354 g/mol. The van der Waals surface area contributed by atoms with E-state index in [4.69, 9.17) is 0 Å². The molecule has 0 saturated heterocycles. The molecule has 0 bridgehead atoms. The van der Waals surface area contributed by atoms with Gasteiger partial charge in [0.2, 0.25) is 5.91 Å². The highest BCUT2D eigenvalue weighted by molar-refractivity contribution is 5.75. The maximum absolute atomic E-state index is 11.4. The van der Waals surface area contributed by atoms with Crippen molar-refractivity contribution in [1.29, 1.82) is 0 Å². The first-order valence-corrected chi connectivity index (χ1v) is 10.9. The van der Waals surface area contributed by atoms with Gasteiger partial charge in [-0.1, -0.05) is 90.7 Å². The van der Waals surface area contributed by atoms with Gasteiger partial charge < -0.3 is 4.90 Å². The molecule has 0 aromatic heterocycles. The maximum atomic E-state index is 11.4. The van der Waals surface area contributed by atoms with Gasteiger partial charge in [0.15, 0.2) is 0 Å². The maximum Gasteiger partial charge on any atom is 0.222 e. The molecule has 0 unspecified atom stereocenters. The second kappa shape index (κ2) is 23.2. The van der Waals surface area contributed by atoms with Gasteiger partial charge in [0.25, 0.3) is 0 Å². The van der Waals surface area contributed by atoms with Crippen LogP contribution >= 0.6 is 0 Å². The molecule has 0 aliphatic carbocycles. The van der Waals surface area contributed by atoms with Crippen molar-refractivity contribution in [3.05, 3.63) is 12.2 Å². The topological polar surface area (TPSA) is 20.3 Å². The highest BCUT2D eigenvalue weighted by Gasteiger charge is 2.02. The molecule has 0 aromatic carbocycles. The molecule has 150 valence electrons. The van der Waals surface area contributed by atoms with E-state index >= 15 is 0 Å². The van der Waals surface area contributed by atoms with Crippen LogP contribution in [0.3, 0.4) is 0 Å². The molecule has 1 amide bonds. The zero-order valence-corrected chi connectivity index (χ0v) is 18.1. The van der Waals surface area contributed by atoms with Crippen LogP contribution in [0, 0.1) is 0 Å². The van der Waals surface area contributed by atoms with E-state index in [1.807, 2.05) is 14.1 Å². The summed E-state index contributed by atoms with van der Waals surface area (Å²) in [5.41, 5.74) is 0. The molecule has 2 nitrogen and oxygen atoms in total. The quantitative estimate of drug-likeness (QED) is 0.220. The Kier molecular flexibility index (Phi) is 24.5. The summed E-state index contributed by atoms with van der Waals surface area (Å²) in [6, 6.07) is 0. The number of carbonyl (C=O) groups excluding carboxylic acids is 1. The second-order valence-electron chi connectivity index (χ2n) is 7.33. The minimum Gasteiger partial charge on any atom is -0.349 e. The van der Waals surface area contributed by atoms with Crippen LogP contribution in [0.15, 0.2) is 12.2 Å². The Morgan fingerprint density at radius 2 is 1.08 bits per heavy atom. The minimum atomic E-state index is 0.262. The van der Waals surface area contributed by atoms with Gasteiger partial charge in [-0.2, -0.15) is 0 Å². The fraction of sp³-hybridized carbons (Fsp3) is 0.870. The minimum absolute atomic E-state index is 0.262. The summed E-state index contributed by atoms with van der Waals surface area (Å²) in [6.45, 7) is 6.52. The summed E-state index contributed by atoms with van der Waals surface area (Å²) >= 11 is 0. The van der Waals surface area contributed by atoms with E-state index in [1.165, 1.54) is 83.5 Å². The van der Waals surface area contributed by atoms with Gasteiger partial charge in [-0.25, -0.2) is 0 Å². The molecule has 0 aliphatic heterocycles. The smallest absolute Gasteiger partial charge is 0.222 e. The van der Waals surface area contributed by atoms with Crippen LogP contribution in [-0.2, 0) is 4.79 Å². The highest BCUT2D eigenvalue weighted by atomic mass is 16.2. The lowest BCUT2D eigenvalue weighted by Gasteiger charge is -2.09. The summed E-state index contributed by atoms with van der Waals surface area (Å²) in [7, 11) is 3.67. The molecule has 0 N–H and O–H groups in total. The fourth-order valence-corrected chi connectivity index (χ4v) is 2.57. The van der Waals surface area contributed by atoms with Gasteiger partial charge in [-0.05, 0) is 32.1 Å². The van der Waals surface area contributed by atoms with Crippen LogP contribution in [0.2, 0.25) is 0 Å². The predicted octanol–water partition coefficient (Wildman–Crippen LogP) is 7.53. The number of amides is 1. The first kappa shape index (κ1) is 26.4. The molecular weight excluding hydrogens is 306 g/mol. The van der Waals surface area contributed by atoms with Crippen molar-refractivity contribution in [2.24, 2.45) is 0 Å². The zero-order chi connectivity index (χ0) is 19.2. The SMILES string of the molecule is CCC.CCCCCCCC/C=C\CCCCCCCC(=O)N(C)C. The Balaban J connectivity index is 0. The molecule has 0 rings (SSSR count). The van der Waals surface area contributed by atoms with Crippen molar-refractivity contribution >= 4 is 5.91 Å². The fourth-order valence-electron chi connectivity index (χ4n) is 2.57. The monoisotopic (exact) mass is 353 g/mol.